The van der Waals surface area contributed by atoms with E-state index in [0.717, 1.165) is 10.9 Å². The molecule has 1 aliphatic heterocycles. The van der Waals surface area contributed by atoms with Gasteiger partial charge in [-0.05, 0) is 51.1 Å². The van der Waals surface area contributed by atoms with E-state index in [2.05, 4.69) is 20.7 Å². The van der Waals surface area contributed by atoms with E-state index in [0.29, 0.717) is 5.56 Å². The number of carboxylic acid groups (broad SMARTS) is 1. The van der Waals surface area contributed by atoms with Crippen molar-refractivity contribution in [3.63, 3.8) is 0 Å². The van der Waals surface area contributed by atoms with Gasteiger partial charge in [0.2, 0.25) is 5.82 Å². The van der Waals surface area contributed by atoms with E-state index in [1.807, 2.05) is 0 Å². The molecule has 2 aliphatic rings. The number of phenolic OH excluding ortho intramolecular Hbond substituents is 3. The number of Topliss-reactive ketones (excluding diaryl/α,β-unsaturated/α-hetero) is 2. The summed E-state index contributed by atoms with van der Waals surface area (Å²) in [6, 6.07) is 4.21. The molecule has 210 valence electrons. The fourth-order valence-electron chi connectivity index (χ4n) is 4.95. The normalized spacial score (nSPS) is 18.8. The summed E-state index contributed by atoms with van der Waals surface area (Å²) >= 11 is 0. The topological polar surface area (TPSA) is 214 Å². The van der Waals surface area contributed by atoms with Gasteiger partial charge in [-0.2, -0.15) is 4.80 Å². The number of hydrogen-bond donors (Lipinski definition) is 5. The first kappa shape index (κ1) is 27.1. The molecule has 41 heavy (non-hydrogen) atoms. The van der Waals surface area contributed by atoms with Crippen LogP contribution in [-0.4, -0.2) is 64.0 Å². The number of carboxylic acids is 1. The second-order valence-electron chi connectivity index (χ2n) is 9.78. The van der Waals surface area contributed by atoms with Crippen LogP contribution in [-0.2, 0) is 26.3 Å². The van der Waals surface area contributed by atoms with E-state index >= 15 is 0 Å². The Balaban J connectivity index is 1.57. The second-order valence-corrected chi connectivity index (χ2v) is 9.78. The number of hydrogen-bond acceptors (Lipinski definition) is 12. The van der Waals surface area contributed by atoms with Crippen LogP contribution in [0.4, 0.5) is 5.69 Å². The first-order valence-corrected chi connectivity index (χ1v) is 12.2. The zero-order valence-electron chi connectivity index (χ0n) is 22.1. The summed E-state index contributed by atoms with van der Waals surface area (Å²) in [4.78, 5) is 51.3. The minimum absolute atomic E-state index is 0.0271. The Morgan fingerprint density at radius 1 is 1.12 bits per heavy atom. The minimum atomic E-state index is -1.70. The summed E-state index contributed by atoms with van der Waals surface area (Å²) in [5.41, 5.74) is -1.81. The van der Waals surface area contributed by atoms with Crippen LogP contribution in [0.3, 0.4) is 0 Å². The third-order valence-corrected chi connectivity index (χ3v) is 7.07. The lowest BCUT2D eigenvalue weighted by atomic mass is 9.70. The van der Waals surface area contributed by atoms with E-state index in [1.165, 1.54) is 45.9 Å². The Morgan fingerprint density at radius 3 is 2.49 bits per heavy atom. The Labute approximate surface area is 231 Å². The van der Waals surface area contributed by atoms with Crippen LogP contribution in [0.15, 0.2) is 41.3 Å². The second kappa shape index (κ2) is 9.29. The highest BCUT2D eigenvalue weighted by molar-refractivity contribution is 6.31. The van der Waals surface area contributed by atoms with Gasteiger partial charge in [0.15, 0.2) is 23.9 Å². The monoisotopic (exact) mass is 561 g/mol. The lowest BCUT2D eigenvalue weighted by Crippen LogP contribution is -2.40. The number of rotatable bonds is 6. The number of benzene rings is 2. The molecule has 2 heterocycles. The van der Waals surface area contributed by atoms with Gasteiger partial charge >= 0.3 is 5.97 Å². The lowest BCUT2D eigenvalue weighted by molar-refractivity contribution is -0.138. The Kier molecular flexibility index (Phi) is 6.13. The van der Waals surface area contributed by atoms with Crippen molar-refractivity contribution in [3.05, 3.63) is 58.0 Å². The number of fused-ring (bicyclic) bond motifs is 3. The maximum Gasteiger partial charge on any atom is 0.327 e. The van der Waals surface area contributed by atoms with E-state index in [9.17, 15) is 34.5 Å². The summed E-state index contributed by atoms with van der Waals surface area (Å²) in [6.07, 6.45) is 1.08. The molecule has 1 atom stereocenters. The molecule has 0 fully saturated rings. The van der Waals surface area contributed by atoms with Gasteiger partial charge in [0.05, 0.1) is 16.8 Å². The highest BCUT2D eigenvalue weighted by Gasteiger charge is 2.56. The van der Waals surface area contributed by atoms with Crippen molar-refractivity contribution in [2.75, 3.05) is 5.32 Å². The number of nitrogens with zero attached hydrogens (tertiary/aromatic N) is 4. The van der Waals surface area contributed by atoms with E-state index < -0.39 is 46.8 Å². The predicted octanol–water partition coefficient (Wildman–Crippen LogP) is 2.12. The molecule has 5 rings (SSSR count). The zero-order chi connectivity index (χ0) is 30.0. The molecule has 0 radical (unpaired) electrons. The van der Waals surface area contributed by atoms with Crippen molar-refractivity contribution < 1.29 is 44.3 Å². The molecule has 0 bridgehead atoms. The van der Waals surface area contributed by atoms with E-state index in [-0.39, 0.29) is 56.7 Å². The van der Waals surface area contributed by atoms with Gasteiger partial charge in [-0.3, -0.25) is 19.2 Å². The Hall–Kier alpha value is -5.53. The lowest BCUT2D eigenvalue weighted by Gasteiger charge is -2.29. The third-order valence-electron chi connectivity index (χ3n) is 7.07. The number of aliphatic carboxylic acids is 1. The number of carbonyl (C=O) groups excluding carboxylic acids is 3. The van der Waals surface area contributed by atoms with Gasteiger partial charge in [0, 0.05) is 22.9 Å². The van der Waals surface area contributed by atoms with E-state index in [4.69, 9.17) is 9.84 Å². The summed E-state index contributed by atoms with van der Waals surface area (Å²) in [5, 5.41) is 55.2. The number of nitrogens with one attached hydrogen (secondary N) is 1. The number of aromatic nitrogens is 4. The number of tetrazole rings is 1. The van der Waals surface area contributed by atoms with Gasteiger partial charge in [-0.15, -0.1) is 10.2 Å². The van der Waals surface area contributed by atoms with Crippen LogP contribution < -0.4 is 10.1 Å². The van der Waals surface area contributed by atoms with Crippen molar-refractivity contribution in [1.29, 1.82) is 0 Å². The number of phenols is 3. The number of carbonyl (C=O) groups is 4. The van der Waals surface area contributed by atoms with Crippen molar-refractivity contribution in [2.45, 2.75) is 39.7 Å². The SMILES string of the molecule is CC(=O)c1c(O)c(C)c(O)c2c1OC1=CC(=O)C(=C(C)Nc3cc(-c4nnn(CC(=O)O)n4)ccc3O)C(=O)C12C. The third kappa shape index (κ3) is 4.07. The number of anilines is 1. The van der Waals surface area contributed by atoms with Crippen molar-refractivity contribution >= 4 is 29.0 Å². The molecule has 1 aliphatic carbocycles. The van der Waals surface area contributed by atoms with Crippen LogP contribution in [0.5, 0.6) is 23.0 Å². The molecule has 2 aromatic carbocycles. The van der Waals surface area contributed by atoms with Gasteiger partial charge in [0.25, 0.3) is 0 Å². The van der Waals surface area contributed by atoms with Crippen LogP contribution >= 0.6 is 0 Å². The Bertz CT molecular complexity index is 1790. The largest absolute Gasteiger partial charge is 0.507 e. The van der Waals surface area contributed by atoms with Gasteiger partial charge in [-0.1, -0.05) is 0 Å². The molecule has 14 nitrogen and oxygen atoms in total. The predicted molar refractivity (Wildman–Crippen MR) is 139 cm³/mol. The molecular weight excluding hydrogens is 538 g/mol. The van der Waals surface area contributed by atoms with Crippen LogP contribution in [0, 0.1) is 6.92 Å². The molecule has 1 aromatic heterocycles. The molecule has 5 N–H and O–H groups in total. The molecule has 14 heteroatoms. The first-order valence-electron chi connectivity index (χ1n) is 12.2. The summed E-state index contributed by atoms with van der Waals surface area (Å²) in [7, 11) is 0. The highest BCUT2D eigenvalue weighted by Crippen LogP contribution is 2.57. The first-order chi connectivity index (χ1) is 19.2. The molecule has 0 spiro atoms. The van der Waals surface area contributed by atoms with Gasteiger partial charge in [-0.25, -0.2) is 0 Å². The highest BCUT2D eigenvalue weighted by atomic mass is 16.5. The van der Waals surface area contributed by atoms with Crippen LogP contribution in [0.1, 0.15) is 42.3 Å². The van der Waals surface area contributed by atoms with E-state index in [1.54, 1.807) is 0 Å². The van der Waals surface area contributed by atoms with Crippen molar-refractivity contribution in [3.8, 4) is 34.4 Å². The average Bonchev–Trinajstić information content (AvgIpc) is 3.46. The number of ether oxygens (including phenoxy) is 1. The smallest absolute Gasteiger partial charge is 0.327 e. The summed E-state index contributed by atoms with van der Waals surface area (Å²) in [5.74, 6) is -4.61. The fourth-order valence-corrected chi connectivity index (χ4v) is 4.95. The molecule has 3 aromatic rings. The standard InChI is InChI=1S/C27H23N5O9/c1-10-22(38)20(12(3)33)24-21(23(10)39)27(4)17(41-24)8-16(35)19(25(27)40)11(2)28-14-7-13(5-6-15(14)34)26-29-31-32(30-26)9-18(36)37/h5-8,28,34,38-39H,9H2,1-4H3,(H,36,37). The molecule has 0 saturated carbocycles. The quantitative estimate of drug-likeness (QED) is 0.126. The summed E-state index contributed by atoms with van der Waals surface area (Å²) < 4.78 is 5.76. The van der Waals surface area contributed by atoms with Crippen LogP contribution in [0.25, 0.3) is 11.4 Å². The number of ketones is 3. The molecular formula is C27H23N5O9. The molecule has 0 saturated heterocycles. The van der Waals surface area contributed by atoms with Gasteiger partial charge in [0.1, 0.15) is 39.7 Å². The molecule has 1 unspecified atom stereocenters. The van der Waals surface area contributed by atoms with Crippen LogP contribution in [0.2, 0.25) is 0 Å². The Morgan fingerprint density at radius 2 is 1.83 bits per heavy atom. The zero-order valence-corrected chi connectivity index (χ0v) is 22.1. The van der Waals surface area contributed by atoms with Crippen molar-refractivity contribution in [1.82, 2.24) is 20.2 Å². The minimum Gasteiger partial charge on any atom is -0.507 e. The average molecular weight is 562 g/mol. The fraction of sp³-hybridized carbons (Fsp3) is 0.222. The maximum atomic E-state index is 14.0. The number of allylic oxidation sites excluding steroid dienone is 4. The van der Waals surface area contributed by atoms with Crippen molar-refractivity contribution in [2.24, 2.45) is 0 Å². The summed E-state index contributed by atoms with van der Waals surface area (Å²) in [6.45, 7) is 4.96. The molecule has 0 amide bonds. The maximum absolute atomic E-state index is 14.0. The number of aromatic hydroxyl groups is 3. The van der Waals surface area contributed by atoms with Gasteiger partial charge < -0.3 is 30.5 Å².